The van der Waals surface area contributed by atoms with Gasteiger partial charge < -0.3 is 0 Å². The molecular formula is C8H12ClN3. The van der Waals surface area contributed by atoms with Crippen molar-refractivity contribution in [2.75, 3.05) is 0 Å². The van der Waals surface area contributed by atoms with E-state index in [1.54, 1.807) is 0 Å². The van der Waals surface area contributed by atoms with Gasteiger partial charge in [-0.2, -0.15) is 0 Å². The molecule has 3 nitrogen and oxygen atoms in total. The zero-order valence-corrected chi connectivity index (χ0v) is 8.26. The fourth-order valence-electron chi connectivity index (χ4n) is 1.58. The molecule has 1 aromatic heterocycles. The second kappa shape index (κ2) is 2.22. The number of aromatic nitrogens is 3. The molecule has 0 bridgehead atoms. The average molecular weight is 186 g/mol. The Balaban J connectivity index is 2.36. The molecular weight excluding hydrogens is 174 g/mol. The van der Waals surface area contributed by atoms with Crippen LogP contribution >= 0.6 is 11.6 Å². The Labute approximate surface area is 76.7 Å². The second-order valence-corrected chi connectivity index (χ2v) is 4.43. The molecule has 1 unspecified atom stereocenters. The van der Waals surface area contributed by atoms with Gasteiger partial charge in [-0.05, 0) is 30.4 Å². The van der Waals surface area contributed by atoms with Crippen molar-refractivity contribution in [3.63, 3.8) is 0 Å². The molecule has 12 heavy (non-hydrogen) atoms. The quantitative estimate of drug-likeness (QED) is 0.672. The summed E-state index contributed by atoms with van der Waals surface area (Å²) in [5.74, 6) is 0.913. The molecule has 1 aliphatic carbocycles. The van der Waals surface area contributed by atoms with E-state index in [4.69, 9.17) is 11.6 Å². The number of rotatable bonds is 1. The van der Waals surface area contributed by atoms with Crippen molar-refractivity contribution in [3.05, 3.63) is 11.1 Å². The van der Waals surface area contributed by atoms with E-state index in [0.29, 0.717) is 16.7 Å². The van der Waals surface area contributed by atoms with Crippen molar-refractivity contribution in [2.24, 2.45) is 5.41 Å². The van der Waals surface area contributed by atoms with Gasteiger partial charge in [-0.15, -0.1) is 10.2 Å². The molecule has 1 aliphatic rings. The molecule has 1 heterocycles. The van der Waals surface area contributed by atoms with Crippen molar-refractivity contribution >= 4 is 11.6 Å². The summed E-state index contributed by atoms with van der Waals surface area (Å²) in [5.41, 5.74) is 0.372. The minimum absolute atomic E-state index is 0.372. The predicted molar refractivity (Wildman–Crippen MR) is 47.2 cm³/mol. The number of nitrogens with zero attached hydrogens (tertiary/aromatic N) is 3. The van der Waals surface area contributed by atoms with E-state index in [-0.39, 0.29) is 0 Å². The molecule has 0 saturated heterocycles. The van der Waals surface area contributed by atoms with Gasteiger partial charge in [-0.3, -0.25) is 4.57 Å². The summed E-state index contributed by atoms with van der Waals surface area (Å²) in [6.07, 6.45) is 1.17. The van der Waals surface area contributed by atoms with Gasteiger partial charge in [0.1, 0.15) is 5.82 Å². The fourth-order valence-corrected chi connectivity index (χ4v) is 1.86. The first kappa shape index (κ1) is 8.05. The van der Waals surface area contributed by atoms with Crippen LogP contribution in [0.25, 0.3) is 0 Å². The molecule has 0 spiro atoms. The van der Waals surface area contributed by atoms with Crippen molar-refractivity contribution < 1.29 is 0 Å². The minimum Gasteiger partial charge on any atom is -0.298 e. The van der Waals surface area contributed by atoms with Gasteiger partial charge in [0.15, 0.2) is 0 Å². The Hall–Kier alpha value is -0.570. The first-order chi connectivity index (χ1) is 5.52. The maximum Gasteiger partial charge on any atom is 0.225 e. The molecule has 1 aromatic rings. The van der Waals surface area contributed by atoms with Crippen molar-refractivity contribution in [2.45, 2.75) is 33.2 Å². The molecule has 1 atom stereocenters. The Kier molecular flexibility index (Phi) is 1.49. The van der Waals surface area contributed by atoms with E-state index < -0.39 is 0 Å². The van der Waals surface area contributed by atoms with Gasteiger partial charge in [0, 0.05) is 6.04 Å². The molecule has 0 radical (unpaired) electrons. The molecule has 0 aromatic carbocycles. The van der Waals surface area contributed by atoms with Crippen LogP contribution in [-0.4, -0.2) is 14.8 Å². The van der Waals surface area contributed by atoms with Crippen LogP contribution in [0.3, 0.4) is 0 Å². The SMILES string of the molecule is Cc1nnc(Cl)n1C1CC1(C)C. The van der Waals surface area contributed by atoms with Crippen LogP contribution < -0.4 is 0 Å². The maximum atomic E-state index is 5.90. The van der Waals surface area contributed by atoms with Gasteiger partial charge in [0.25, 0.3) is 0 Å². The maximum absolute atomic E-state index is 5.90. The highest BCUT2D eigenvalue weighted by molar-refractivity contribution is 6.28. The summed E-state index contributed by atoms with van der Waals surface area (Å²) in [6.45, 7) is 6.40. The van der Waals surface area contributed by atoms with Gasteiger partial charge in [0.05, 0.1) is 0 Å². The number of hydrogen-bond acceptors (Lipinski definition) is 2. The van der Waals surface area contributed by atoms with E-state index >= 15 is 0 Å². The van der Waals surface area contributed by atoms with Crippen molar-refractivity contribution in [3.8, 4) is 0 Å². The molecule has 0 N–H and O–H groups in total. The van der Waals surface area contributed by atoms with Crippen LogP contribution in [0.1, 0.15) is 32.1 Å². The molecule has 66 valence electrons. The first-order valence-corrected chi connectivity index (χ1v) is 4.47. The largest absolute Gasteiger partial charge is 0.298 e. The monoisotopic (exact) mass is 185 g/mol. The summed E-state index contributed by atoms with van der Waals surface area (Å²) in [6, 6.07) is 0.500. The predicted octanol–water partition coefficient (Wildman–Crippen LogP) is 2.21. The smallest absolute Gasteiger partial charge is 0.225 e. The summed E-state index contributed by atoms with van der Waals surface area (Å²) in [5, 5.41) is 8.26. The van der Waals surface area contributed by atoms with Crippen LogP contribution in [0.15, 0.2) is 0 Å². The van der Waals surface area contributed by atoms with Crippen LogP contribution in [0.4, 0.5) is 0 Å². The normalized spacial score (nSPS) is 25.8. The van der Waals surface area contributed by atoms with Crippen LogP contribution in [0.2, 0.25) is 5.28 Å². The third-order valence-corrected chi connectivity index (χ3v) is 2.86. The van der Waals surface area contributed by atoms with Crippen molar-refractivity contribution in [1.82, 2.24) is 14.8 Å². The Morgan fingerprint density at radius 1 is 1.50 bits per heavy atom. The third-order valence-electron chi connectivity index (χ3n) is 2.60. The summed E-state index contributed by atoms with van der Waals surface area (Å²) < 4.78 is 2.02. The Bertz CT molecular complexity index is 297. The highest BCUT2D eigenvalue weighted by Gasteiger charge is 2.48. The summed E-state index contributed by atoms with van der Waals surface area (Å²) in [4.78, 5) is 0. The molecule has 0 aliphatic heterocycles. The third kappa shape index (κ3) is 1.04. The molecule has 2 rings (SSSR count). The molecule has 0 amide bonds. The molecule has 1 saturated carbocycles. The fraction of sp³-hybridized carbons (Fsp3) is 0.750. The van der Waals surface area contributed by atoms with E-state index in [1.165, 1.54) is 6.42 Å². The summed E-state index contributed by atoms with van der Waals surface area (Å²) >= 11 is 5.90. The zero-order valence-electron chi connectivity index (χ0n) is 7.50. The lowest BCUT2D eigenvalue weighted by atomic mass is 10.2. The van der Waals surface area contributed by atoms with Crippen LogP contribution in [0.5, 0.6) is 0 Å². The first-order valence-electron chi connectivity index (χ1n) is 4.09. The molecule has 1 fully saturated rings. The van der Waals surface area contributed by atoms with E-state index in [0.717, 1.165) is 5.82 Å². The minimum atomic E-state index is 0.372. The number of aryl methyl sites for hydroxylation is 1. The van der Waals surface area contributed by atoms with Crippen molar-refractivity contribution in [1.29, 1.82) is 0 Å². The topological polar surface area (TPSA) is 30.7 Å². The van der Waals surface area contributed by atoms with Gasteiger partial charge >= 0.3 is 0 Å². The van der Waals surface area contributed by atoms with E-state index in [1.807, 2.05) is 11.5 Å². The van der Waals surface area contributed by atoms with E-state index in [9.17, 15) is 0 Å². The van der Waals surface area contributed by atoms with Gasteiger partial charge in [0.2, 0.25) is 5.28 Å². The second-order valence-electron chi connectivity index (χ2n) is 4.09. The van der Waals surface area contributed by atoms with Gasteiger partial charge in [-0.25, -0.2) is 0 Å². The standard InChI is InChI=1S/C8H12ClN3/c1-5-10-11-7(9)12(5)6-4-8(6,2)3/h6H,4H2,1-3H3. The number of hydrogen-bond donors (Lipinski definition) is 0. The molecule has 4 heteroatoms. The number of halogens is 1. The Morgan fingerprint density at radius 2 is 2.08 bits per heavy atom. The van der Waals surface area contributed by atoms with Gasteiger partial charge in [-0.1, -0.05) is 13.8 Å². The van der Waals surface area contributed by atoms with Crippen LogP contribution in [-0.2, 0) is 0 Å². The Morgan fingerprint density at radius 3 is 2.42 bits per heavy atom. The van der Waals surface area contributed by atoms with Crippen LogP contribution in [0, 0.1) is 12.3 Å². The highest BCUT2D eigenvalue weighted by Crippen LogP contribution is 2.56. The average Bonchev–Trinajstić information content (AvgIpc) is 2.42. The lowest BCUT2D eigenvalue weighted by Gasteiger charge is -2.06. The lowest BCUT2D eigenvalue weighted by Crippen LogP contribution is -2.02. The lowest BCUT2D eigenvalue weighted by molar-refractivity contribution is 0.533. The zero-order chi connectivity index (χ0) is 8.93. The highest BCUT2D eigenvalue weighted by atomic mass is 35.5. The summed E-state index contributed by atoms with van der Waals surface area (Å²) in [7, 11) is 0. The van der Waals surface area contributed by atoms with E-state index in [2.05, 4.69) is 24.0 Å².